The molecule has 0 bridgehead atoms. The Hall–Kier alpha value is -1.11. The summed E-state index contributed by atoms with van der Waals surface area (Å²) >= 11 is 5.61. The number of fused-ring (bicyclic) bond motifs is 1. The minimum absolute atomic E-state index is 0.0609. The molecule has 16 heavy (non-hydrogen) atoms. The molecule has 8 heteroatoms. The summed E-state index contributed by atoms with van der Waals surface area (Å²) in [4.78, 5) is 17.2. The first-order valence-electron chi connectivity index (χ1n) is 4.02. The molecule has 5 nitrogen and oxygen atoms in total. The van der Waals surface area contributed by atoms with Crippen LogP contribution in [-0.4, -0.2) is 18.4 Å². The normalized spacial score (nSPS) is 11.9. The lowest BCUT2D eigenvalue weighted by Gasteiger charge is -2.01. The molecule has 0 spiro atoms. The average molecular weight is 279 g/mol. The topological polar surface area (TPSA) is 79.9 Å². The average Bonchev–Trinajstić information content (AvgIpc) is 2.17. The number of hydrogen-bond donors (Lipinski definition) is 1. The van der Waals surface area contributed by atoms with Gasteiger partial charge in [-0.05, 0) is 12.1 Å². The molecule has 0 saturated heterocycles. The fraction of sp³-hybridized carbons (Fsp3) is 0. The van der Waals surface area contributed by atoms with E-state index in [9.17, 15) is 13.2 Å². The quantitative estimate of drug-likeness (QED) is 0.633. The smallest absolute Gasteiger partial charge is 0.274 e. The van der Waals surface area contributed by atoms with E-state index < -0.39 is 14.6 Å². The Labute approximate surface area is 99.4 Å². The van der Waals surface area contributed by atoms with E-state index in [1.54, 1.807) is 0 Å². The fourth-order valence-electron chi connectivity index (χ4n) is 1.29. The first-order valence-corrected chi connectivity index (χ1v) is 6.71. The molecular formula is C8H4Cl2N2O3S. The van der Waals surface area contributed by atoms with Gasteiger partial charge in [0.1, 0.15) is 15.6 Å². The number of hydrogen-bond acceptors (Lipinski definition) is 4. The summed E-state index contributed by atoms with van der Waals surface area (Å²) in [6.07, 6.45) is 1.03. The van der Waals surface area contributed by atoms with Gasteiger partial charge in [-0.3, -0.25) is 4.79 Å². The van der Waals surface area contributed by atoms with Gasteiger partial charge in [-0.2, -0.15) is 0 Å². The van der Waals surface area contributed by atoms with Gasteiger partial charge in [0.05, 0.1) is 0 Å². The van der Waals surface area contributed by atoms with Crippen LogP contribution < -0.4 is 5.56 Å². The lowest BCUT2D eigenvalue weighted by molar-refractivity contribution is 0.610. The third-order valence-electron chi connectivity index (χ3n) is 1.94. The molecule has 84 valence electrons. The monoisotopic (exact) mass is 278 g/mol. The molecule has 0 atom stereocenters. The van der Waals surface area contributed by atoms with E-state index in [1.807, 2.05) is 0 Å². The van der Waals surface area contributed by atoms with Crippen molar-refractivity contribution in [3.8, 4) is 0 Å². The highest BCUT2D eigenvalue weighted by molar-refractivity contribution is 8.14. The van der Waals surface area contributed by atoms with Crippen LogP contribution in [0.5, 0.6) is 0 Å². The molecule has 2 aromatic rings. The van der Waals surface area contributed by atoms with E-state index in [4.69, 9.17) is 22.3 Å². The molecule has 0 fully saturated rings. The molecule has 0 saturated carbocycles. The van der Waals surface area contributed by atoms with E-state index in [1.165, 1.54) is 12.1 Å². The number of aromatic nitrogens is 2. The Morgan fingerprint density at radius 3 is 2.62 bits per heavy atom. The van der Waals surface area contributed by atoms with Gasteiger partial charge in [-0.25, -0.2) is 13.4 Å². The highest BCUT2D eigenvalue weighted by atomic mass is 35.7. The van der Waals surface area contributed by atoms with Crippen molar-refractivity contribution in [1.29, 1.82) is 0 Å². The molecule has 0 aromatic carbocycles. The number of nitrogens with zero attached hydrogens (tertiary/aromatic N) is 1. The van der Waals surface area contributed by atoms with Crippen molar-refractivity contribution in [1.82, 2.24) is 9.97 Å². The van der Waals surface area contributed by atoms with Gasteiger partial charge < -0.3 is 4.98 Å². The van der Waals surface area contributed by atoms with Crippen molar-refractivity contribution in [2.45, 2.75) is 4.90 Å². The van der Waals surface area contributed by atoms with Crippen LogP contribution in [-0.2, 0) is 9.05 Å². The maximum Gasteiger partial charge on any atom is 0.274 e. The zero-order chi connectivity index (χ0) is 11.9. The SMILES string of the molecule is O=c1[nH]cc(S(=O)(=O)Cl)c2ccc(Cl)nc12. The molecule has 0 aliphatic heterocycles. The summed E-state index contributed by atoms with van der Waals surface area (Å²) in [5.41, 5.74) is -0.587. The van der Waals surface area contributed by atoms with Crippen LogP contribution in [0.25, 0.3) is 10.9 Å². The maximum absolute atomic E-state index is 11.4. The zero-order valence-corrected chi connectivity index (χ0v) is 9.90. The predicted octanol–water partition coefficient (Wildman–Crippen LogP) is 1.50. The Kier molecular flexibility index (Phi) is 2.65. The number of halogens is 2. The Morgan fingerprint density at radius 2 is 2.00 bits per heavy atom. The summed E-state index contributed by atoms with van der Waals surface area (Å²) in [5, 5.41) is 0.241. The Morgan fingerprint density at radius 1 is 1.31 bits per heavy atom. The van der Waals surface area contributed by atoms with Crippen LogP contribution in [0.4, 0.5) is 0 Å². The predicted molar refractivity (Wildman–Crippen MR) is 60.4 cm³/mol. The standard InChI is InChI=1S/C8H4Cl2N2O3S/c9-6-2-1-4-5(16(10,14)15)3-11-8(13)7(4)12-6/h1-3H,(H,11,13). The van der Waals surface area contributed by atoms with Gasteiger partial charge >= 0.3 is 0 Å². The largest absolute Gasteiger partial charge is 0.326 e. The number of rotatable bonds is 1. The highest BCUT2D eigenvalue weighted by Crippen LogP contribution is 2.22. The fourth-order valence-corrected chi connectivity index (χ4v) is 2.44. The first-order chi connectivity index (χ1) is 7.39. The molecule has 0 unspecified atom stereocenters. The van der Waals surface area contributed by atoms with Gasteiger partial charge in [-0.15, -0.1) is 0 Å². The number of H-pyrrole nitrogens is 1. The van der Waals surface area contributed by atoms with E-state index in [2.05, 4.69) is 9.97 Å². The van der Waals surface area contributed by atoms with Gasteiger partial charge in [0.25, 0.3) is 14.6 Å². The molecule has 2 heterocycles. The van der Waals surface area contributed by atoms with Crippen LogP contribution in [0.1, 0.15) is 0 Å². The minimum Gasteiger partial charge on any atom is -0.326 e. The maximum atomic E-state index is 11.4. The van der Waals surface area contributed by atoms with Crippen molar-refractivity contribution in [2.24, 2.45) is 0 Å². The third kappa shape index (κ3) is 1.91. The van der Waals surface area contributed by atoms with Crippen LogP contribution >= 0.6 is 22.3 Å². The second-order valence-corrected chi connectivity index (χ2v) is 5.87. The number of nitrogens with one attached hydrogen (secondary N) is 1. The molecule has 1 N–H and O–H groups in total. The van der Waals surface area contributed by atoms with Crippen LogP contribution in [0, 0.1) is 0 Å². The molecular weight excluding hydrogens is 275 g/mol. The van der Waals surface area contributed by atoms with E-state index in [0.29, 0.717) is 0 Å². The minimum atomic E-state index is -3.94. The molecule has 2 aromatic heterocycles. The third-order valence-corrected chi connectivity index (χ3v) is 3.51. The van der Waals surface area contributed by atoms with Crippen LogP contribution in [0.15, 0.2) is 28.0 Å². The van der Waals surface area contributed by atoms with E-state index in [-0.39, 0.29) is 21.0 Å². The molecule has 0 aliphatic rings. The summed E-state index contributed by atoms with van der Waals surface area (Å²) in [6, 6.07) is 2.77. The molecule has 2 rings (SSSR count). The first kappa shape index (κ1) is 11.4. The number of pyridine rings is 2. The van der Waals surface area contributed by atoms with Crippen molar-refractivity contribution < 1.29 is 8.42 Å². The van der Waals surface area contributed by atoms with Crippen molar-refractivity contribution >= 4 is 42.2 Å². The van der Waals surface area contributed by atoms with Gasteiger partial charge in [0, 0.05) is 22.3 Å². The zero-order valence-electron chi connectivity index (χ0n) is 7.57. The van der Waals surface area contributed by atoms with E-state index in [0.717, 1.165) is 6.20 Å². The van der Waals surface area contributed by atoms with Gasteiger partial charge in [-0.1, -0.05) is 11.6 Å². The molecule has 0 amide bonds. The Bertz CT molecular complexity index is 724. The molecule has 0 radical (unpaired) electrons. The Balaban J connectivity index is 3.02. The summed E-state index contributed by atoms with van der Waals surface area (Å²) in [6.45, 7) is 0. The highest BCUT2D eigenvalue weighted by Gasteiger charge is 2.16. The summed E-state index contributed by atoms with van der Waals surface area (Å²) in [7, 11) is 1.28. The van der Waals surface area contributed by atoms with E-state index >= 15 is 0 Å². The van der Waals surface area contributed by atoms with Gasteiger partial charge in [0.15, 0.2) is 0 Å². The number of aromatic amines is 1. The van der Waals surface area contributed by atoms with Crippen molar-refractivity contribution in [3.05, 3.63) is 33.8 Å². The van der Waals surface area contributed by atoms with Crippen LogP contribution in [0.3, 0.4) is 0 Å². The second kappa shape index (κ2) is 3.73. The second-order valence-electron chi connectivity index (χ2n) is 2.95. The van der Waals surface area contributed by atoms with Gasteiger partial charge in [0.2, 0.25) is 0 Å². The van der Waals surface area contributed by atoms with Crippen molar-refractivity contribution in [2.75, 3.05) is 0 Å². The summed E-state index contributed by atoms with van der Waals surface area (Å²) < 4.78 is 22.5. The van der Waals surface area contributed by atoms with Crippen molar-refractivity contribution in [3.63, 3.8) is 0 Å². The molecule has 0 aliphatic carbocycles. The lowest BCUT2D eigenvalue weighted by atomic mass is 10.3. The van der Waals surface area contributed by atoms with Crippen LogP contribution in [0.2, 0.25) is 5.15 Å². The summed E-state index contributed by atoms with van der Waals surface area (Å²) in [5.74, 6) is 0. The lowest BCUT2D eigenvalue weighted by Crippen LogP contribution is -2.10.